The van der Waals surface area contributed by atoms with E-state index in [4.69, 9.17) is 11.5 Å². The van der Waals surface area contributed by atoms with Crippen LogP contribution < -0.4 is 21.5 Å². The van der Waals surface area contributed by atoms with Crippen molar-refractivity contribution in [2.24, 2.45) is 11.5 Å². The van der Waals surface area contributed by atoms with E-state index in [0.29, 0.717) is 0 Å². The van der Waals surface area contributed by atoms with E-state index in [0.717, 1.165) is 6.07 Å². The van der Waals surface area contributed by atoms with E-state index in [1.165, 1.54) is 12.1 Å². The molecule has 7 nitrogen and oxygen atoms in total. The second kappa shape index (κ2) is 6.45. The van der Waals surface area contributed by atoms with Gasteiger partial charge in [-0.1, -0.05) is 6.07 Å². The van der Waals surface area contributed by atoms with Crippen LogP contribution in [0, 0.1) is 5.82 Å². The molecule has 0 aliphatic carbocycles. The third-order valence-corrected chi connectivity index (χ3v) is 3.83. The minimum absolute atomic E-state index is 0.0296. The fourth-order valence-corrected chi connectivity index (χ4v) is 2.73. The molecule has 0 heterocycles. The summed E-state index contributed by atoms with van der Waals surface area (Å²) in [4.78, 5) is 10.2. The van der Waals surface area contributed by atoms with Gasteiger partial charge >= 0.3 is 6.03 Å². The Hall–Kier alpha value is -1.71. The standard InChI is InChI=1S/C10H15FN4O3S/c11-8-2-1-3-9(7(8)6-12)19(17,18)15-5-4-14-10(13)16/h1-3,15H,4-6,12H2,(H3,13,14,16). The highest BCUT2D eigenvalue weighted by atomic mass is 32.2. The molecule has 0 bridgehead atoms. The van der Waals surface area contributed by atoms with Crippen LogP contribution in [-0.4, -0.2) is 27.5 Å². The summed E-state index contributed by atoms with van der Waals surface area (Å²) in [5.74, 6) is -0.680. The molecule has 9 heteroatoms. The number of primary amides is 1. The van der Waals surface area contributed by atoms with E-state index in [1.807, 2.05) is 0 Å². The Morgan fingerprint density at radius 3 is 2.58 bits per heavy atom. The van der Waals surface area contributed by atoms with Crippen molar-refractivity contribution in [2.45, 2.75) is 11.4 Å². The molecule has 1 rings (SSSR count). The number of rotatable bonds is 6. The minimum atomic E-state index is -3.89. The van der Waals surface area contributed by atoms with E-state index in [2.05, 4.69) is 10.0 Å². The lowest BCUT2D eigenvalue weighted by atomic mass is 10.2. The summed E-state index contributed by atoms with van der Waals surface area (Å²) in [5, 5.41) is 2.22. The maximum absolute atomic E-state index is 13.4. The number of amides is 2. The monoisotopic (exact) mass is 290 g/mol. The van der Waals surface area contributed by atoms with E-state index in [9.17, 15) is 17.6 Å². The minimum Gasteiger partial charge on any atom is -0.352 e. The highest BCUT2D eigenvalue weighted by Crippen LogP contribution is 2.17. The van der Waals surface area contributed by atoms with Crippen molar-refractivity contribution < 1.29 is 17.6 Å². The normalized spacial score (nSPS) is 11.3. The zero-order chi connectivity index (χ0) is 14.5. The molecule has 1 aromatic carbocycles. The topological polar surface area (TPSA) is 127 Å². The predicted molar refractivity (Wildman–Crippen MR) is 67.1 cm³/mol. The molecule has 6 N–H and O–H groups in total. The molecule has 0 spiro atoms. The molecule has 19 heavy (non-hydrogen) atoms. The Balaban J connectivity index is 2.83. The van der Waals surface area contributed by atoms with Crippen LogP contribution >= 0.6 is 0 Å². The van der Waals surface area contributed by atoms with Crippen LogP contribution in [0.1, 0.15) is 5.56 Å². The predicted octanol–water partition coefficient (Wildman–Crippen LogP) is -0.769. The van der Waals surface area contributed by atoms with Gasteiger partial charge in [-0.05, 0) is 12.1 Å². The molecule has 0 saturated heterocycles. The molecule has 0 unspecified atom stereocenters. The van der Waals surface area contributed by atoms with Crippen LogP contribution in [0.3, 0.4) is 0 Å². The summed E-state index contributed by atoms with van der Waals surface area (Å²) in [7, 11) is -3.89. The van der Waals surface area contributed by atoms with Gasteiger partial charge in [0.2, 0.25) is 10.0 Å². The summed E-state index contributed by atoms with van der Waals surface area (Å²) in [6.07, 6.45) is 0. The summed E-state index contributed by atoms with van der Waals surface area (Å²) < 4.78 is 39.5. The molecule has 0 radical (unpaired) electrons. The van der Waals surface area contributed by atoms with Crippen molar-refractivity contribution >= 4 is 16.1 Å². The molecule has 0 atom stereocenters. The van der Waals surface area contributed by atoms with Gasteiger partial charge in [0.25, 0.3) is 0 Å². The number of hydrogen-bond donors (Lipinski definition) is 4. The average molecular weight is 290 g/mol. The van der Waals surface area contributed by atoms with E-state index in [1.54, 1.807) is 0 Å². The largest absolute Gasteiger partial charge is 0.352 e. The number of sulfonamides is 1. The fraction of sp³-hybridized carbons (Fsp3) is 0.300. The summed E-state index contributed by atoms with van der Waals surface area (Å²) >= 11 is 0. The average Bonchev–Trinajstić information content (AvgIpc) is 2.34. The van der Waals surface area contributed by atoms with Gasteiger partial charge in [0.15, 0.2) is 0 Å². The Bertz CT molecular complexity index is 562. The highest BCUT2D eigenvalue weighted by Gasteiger charge is 2.19. The zero-order valence-corrected chi connectivity index (χ0v) is 10.8. The van der Waals surface area contributed by atoms with Crippen molar-refractivity contribution in [3.8, 4) is 0 Å². The molecule has 0 fully saturated rings. The molecule has 0 aliphatic rings. The van der Waals surface area contributed by atoms with Crippen LogP contribution in [-0.2, 0) is 16.6 Å². The van der Waals surface area contributed by atoms with Gasteiger partial charge in [0.05, 0.1) is 4.90 Å². The van der Waals surface area contributed by atoms with Crippen LogP contribution in [0.25, 0.3) is 0 Å². The Labute approximate surface area is 110 Å². The molecule has 0 aromatic heterocycles. The fourth-order valence-electron chi connectivity index (χ4n) is 1.44. The smallest absolute Gasteiger partial charge is 0.312 e. The first-order valence-corrected chi connectivity index (χ1v) is 6.87. The lowest BCUT2D eigenvalue weighted by Gasteiger charge is -2.11. The molecule has 106 valence electrons. The first-order chi connectivity index (χ1) is 8.88. The lowest BCUT2D eigenvalue weighted by molar-refractivity contribution is 0.249. The quantitative estimate of drug-likeness (QED) is 0.513. The maximum atomic E-state index is 13.4. The molecule has 0 aliphatic heterocycles. The van der Waals surface area contributed by atoms with Crippen LogP contribution in [0.2, 0.25) is 0 Å². The number of benzene rings is 1. The van der Waals surface area contributed by atoms with Gasteiger partial charge in [-0.15, -0.1) is 0 Å². The SMILES string of the molecule is NCc1c(F)cccc1S(=O)(=O)NCCNC(N)=O. The number of carbonyl (C=O) groups excluding carboxylic acids is 1. The summed E-state index contributed by atoms with van der Waals surface area (Å²) in [6, 6.07) is 2.92. The molecular weight excluding hydrogens is 275 g/mol. The number of nitrogens with one attached hydrogen (secondary N) is 2. The zero-order valence-electron chi connectivity index (χ0n) is 10.0. The first-order valence-electron chi connectivity index (χ1n) is 5.39. The van der Waals surface area contributed by atoms with Gasteiger partial charge in [-0.25, -0.2) is 22.3 Å². The third kappa shape index (κ3) is 4.16. The van der Waals surface area contributed by atoms with E-state index in [-0.39, 0.29) is 30.1 Å². The number of urea groups is 1. The van der Waals surface area contributed by atoms with Gasteiger partial charge in [0.1, 0.15) is 5.82 Å². The maximum Gasteiger partial charge on any atom is 0.312 e. The second-order valence-electron chi connectivity index (χ2n) is 3.61. The Kier molecular flexibility index (Phi) is 5.21. The van der Waals surface area contributed by atoms with Gasteiger partial charge < -0.3 is 16.8 Å². The lowest BCUT2D eigenvalue weighted by Crippen LogP contribution is -2.37. The first kappa shape index (κ1) is 15.3. The molecule has 2 amide bonds. The van der Waals surface area contributed by atoms with Crippen molar-refractivity contribution in [2.75, 3.05) is 13.1 Å². The van der Waals surface area contributed by atoms with Gasteiger partial charge in [-0.2, -0.15) is 0 Å². The number of carbonyl (C=O) groups is 1. The van der Waals surface area contributed by atoms with Crippen LogP contribution in [0.15, 0.2) is 23.1 Å². The van der Waals surface area contributed by atoms with Crippen LogP contribution in [0.4, 0.5) is 9.18 Å². The van der Waals surface area contributed by atoms with E-state index < -0.39 is 21.9 Å². The number of hydrogen-bond acceptors (Lipinski definition) is 4. The summed E-state index contributed by atoms with van der Waals surface area (Å²) in [5.41, 5.74) is 10.1. The molecule has 1 aromatic rings. The number of halogens is 1. The number of nitrogens with two attached hydrogens (primary N) is 2. The third-order valence-electron chi connectivity index (χ3n) is 2.29. The molecular formula is C10H15FN4O3S. The van der Waals surface area contributed by atoms with Crippen molar-refractivity contribution in [3.05, 3.63) is 29.6 Å². The molecule has 0 saturated carbocycles. The van der Waals surface area contributed by atoms with Crippen molar-refractivity contribution in [3.63, 3.8) is 0 Å². The second-order valence-corrected chi connectivity index (χ2v) is 5.34. The Morgan fingerprint density at radius 2 is 2.00 bits per heavy atom. The van der Waals surface area contributed by atoms with E-state index >= 15 is 0 Å². The van der Waals surface area contributed by atoms with Crippen molar-refractivity contribution in [1.29, 1.82) is 0 Å². The highest BCUT2D eigenvalue weighted by molar-refractivity contribution is 7.89. The summed E-state index contributed by atoms with van der Waals surface area (Å²) in [6.45, 7) is -0.268. The van der Waals surface area contributed by atoms with Crippen LogP contribution in [0.5, 0.6) is 0 Å². The van der Waals surface area contributed by atoms with Crippen molar-refractivity contribution in [1.82, 2.24) is 10.0 Å². The van der Waals surface area contributed by atoms with Gasteiger partial charge in [-0.3, -0.25) is 0 Å². The Morgan fingerprint density at radius 1 is 1.32 bits per heavy atom. The van der Waals surface area contributed by atoms with Gasteiger partial charge in [0, 0.05) is 25.2 Å².